The van der Waals surface area contributed by atoms with Crippen LogP contribution < -0.4 is 5.32 Å². The summed E-state index contributed by atoms with van der Waals surface area (Å²) in [5.74, 6) is -2.12. The minimum atomic E-state index is -0.980. The smallest absolute Gasteiger partial charge is 0.228 e. The van der Waals surface area contributed by atoms with Crippen molar-refractivity contribution in [3.05, 3.63) is 94.6 Å². The Morgan fingerprint density at radius 2 is 1.71 bits per heavy atom. The number of nitrogens with one attached hydrogen (secondary N) is 1. The number of halogens is 2. The molecule has 1 atom stereocenters. The highest BCUT2D eigenvalue weighted by atomic mass is 19.2. The van der Waals surface area contributed by atoms with Crippen molar-refractivity contribution in [2.45, 2.75) is 25.7 Å². The first-order valence-electron chi connectivity index (χ1n) is 10.1. The lowest BCUT2D eigenvalue weighted by molar-refractivity contribution is -0.115. The molecule has 0 aromatic heterocycles. The maximum Gasteiger partial charge on any atom is 0.228 e. The van der Waals surface area contributed by atoms with E-state index in [0.717, 1.165) is 36.1 Å². The maximum absolute atomic E-state index is 13.3. The van der Waals surface area contributed by atoms with E-state index in [1.807, 2.05) is 12.1 Å². The number of fused-ring (bicyclic) bond motifs is 1. The Morgan fingerprint density at radius 1 is 0.968 bits per heavy atom. The van der Waals surface area contributed by atoms with Crippen LogP contribution in [0.15, 0.2) is 60.7 Å². The van der Waals surface area contributed by atoms with Gasteiger partial charge >= 0.3 is 0 Å². The van der Waals surface area contributed by atoms with Gasteiger partial charge in [0, 0.05) is 17.2 Å². The van der Waals surface area contributed by atoms with E-state index in [1.54, 1.807) is 24.3 Å². The van der Waals surface area contributed by atoms with Crippen LogP contribution in [0.1, 0.15) is 33.5 Å². The SMILES string of the molecule is O=C(Cc1ccc(F)c(F)c1)Nc1ccc(CC2CCc3cc(O)ccc3C2=O)cc1. The van der Waals surface area contributed by atoms with Crippen LogP contribution in [0, 0.1) is 17.6 Å². The van der Waals surface area contributed by atoms with E-state index >= 15 is 0 Å². The molecule has 1 aliphatic carbocycles. The van der Waals surface area contributed by atoms with E-state index in [-0.39, 0.29) is 29.8 Å². The monoisotopic (exact) mass is 421 g/mol. The lowest BCUT2D eigenvalue weighted by Crippen LogP contribution is -2.24. The average molecular weight is 421 g/mol. The summed E-state index contributed by atoms with van der Waals surface area (Å²) >= 11 is 0. The number of amides is 1. The summed E-state index contributed by atoms with van der Waals surface area (Å²) in [6, 6.07) is 15.5. The van der Waals surface area contributed by atoms with E-state index in [9.17, 15) is 23.5 Å². The quantitative estimate of drug-likeness (QED) is 0.620. The standard InChI is InChI=1S/C25H21F2NO3/c26-22-10-3-16(12-23(22)27)13-24(30)28-19-6-1-15(2-7-19)11-18-5-4-17-14-20(29)8-9-21(17)25(18)31/h1-3,6-10,12,14,18,29H,4-5,11,13H2,(H,28,30). The number of carbonyl (C=O) groups excluding carboxylic acids is 2. The van der Waals surface area contributed by atoms with Crippen molar-refractivity contribution in [2.24, 2.45) is 5.92 Å². The third-order valence-electron chi connectivity index (χ3n) is 5.56. The van der Waals surface area contributed by atoms with Crippen LogP contribution in [0.25, 0.3) is 0 Å². The molecular weight excluding hydrogens is 400 g/mol. The van der Waals surface area contributed by atoms with Crippen molar-refractivity contribution in [3.8, 4) is 5.75 Å². The normalized spacial score (nSPS) is 15.4. The summed E-state index contributed by atoms with van der Waals surface area (Å²) in [5, 5.41) is 12.3. The van der Waals surface area contributed by atoms with Gasteiger partial charge in [-0.3, -0.25) is 9.59 Å². The molecule has 3 aromatic carbocycles. The number of phenolic OH excluding ortho intramolecular Hbond substituents is 1. The molecule has 1 aliphatic rings. The Morgan fingerprint density at radius 3 is 2.45 bits per heavy atom. The van der Waals surface area contributed by atoms with Crippen LogP contribution >= 0.6 is 0 Å². The van der Waals surface area contributed by atoms with Crippen molar-refractivity contribution in [1.82, 2.24) is 0 Å². The van der Waals surface area contributed by atoms with Crippen LogP contribution in [0.4, 0.5) is 14.5 Å². The second-order valence-corrected chi connectivity index (χ2v) is 7.82. The van der Waals surface area contributed by atoms with Crippen LogP contribution in [-0.2, 0) is 24.1 Å². The lowest BCUT2D eigenvalue weighted by Gasteiger charge is -2.23. The Balaban J connectivity index is 1.36. The van der Waals surface area contributed by atoms with E-state index in [2.05, 4.69) is 5.32 Å². The summed E-state index contributed by atoms with van der Waals surface area (Å²) in [6.07, 6.45) is 2.01. The van der Waals surface area contributed by atoms with Crippen molar-refractivity contribution >= 4 is 17.4 Å². The van der Waals surface area contributed by atoms with E-state index in [4.69, 9.17) is 0 Å². The largest absolute Gasteiger partial charge is 0.508 e. The summed E-state index contributed by atoms with van der Waals surface area (Å²) in [5.41, 5.74) is 3.53. The Hall–Kier alpha value is -3.54. The molecule has 0 aliphatic heterocycles. The fourth-order valence-corrected chi connectivity index (χ4v) is 3.95. The Bertz CT molecular complexity index is 1140. The van der Waals surface area contributed by atoms with Crippen molar-refractivity contribution in [3.63, 3.8) is 0 Å². The molecule has 0 radical (unpaired) electrons. The van der Waals surface area contributed by atoms with Gasteiger partial charge in [0.25, 0.3) is 0 Å². The number of rotatable bonds is 5. The number of ketones is 1. The number of aryl methyl sites for hydroxylation is 1. The molecule has 0 fully saturated rings. The third kappa shape index (κ3) is 4.79. The van der Waals surface area contributed by atoms with Gasteiger partial charge in [0.1, 0.15) is 5.75 Å². The summed E-state index contributed by atoms with van der Waals surface area (Å²) in [7, 11) is 0. The van der Waals surface area contributed by atoms with E-state index in [0.29, 0.717) is 23.2 Å². The Kier molecular flexibility index (Phi) is 5.80. The van der Waals surface area contributed by atoms with Gasteiger partial charge in [0.15, 0.2) is 17.4 Å². The number of benzene rings is 3. The lowest BCUT2D eigenvalue weighted by atomic mass is 9.79. The van der Waals surface area contributed by atoms with Crippen molar-refractivity contribution < 1.29 is 23.5 Å². The fraction of sp³-hybridized carbons (Fsp3) is 0.200. The number of carbonyl (C=O) groups is 2. The van der Waals surface area contributed by atoms with Gasteiger partial charge in [0.2, 0.25) is 5.91 Å². The van der Waals surface area contributed by atoms with E-state index in [1.165, 1.54) is 12.1 Å². The van der Waals surface area contributed by atoms with Gasteiger partial charge in [-0.05, 0) is 78.4 Å². The zero-order valence-corrected chi connectivity index (χ0v) is 16.7. The van der Waals surface area contributed by atoms with Gasteiger partial charge in [0.05, 0.1) is 6.42 Å². The topological polar surface area (TPSA) is 66.4 Å². The second-order valence-electron chi connectivity index (χ2n) is 7.82. The number of Topliss-reactive ketones (excluding diaryl/α,β-unsaturated/α-hetero) is 1. The summed E-state index contributed by atoms with van der Waals surface area (Å²) in [4.78, 5) is 24.9. The second kappa shape index (κ2) is 8.68. The third-order valence-corrected chi connectivity index (χ3v) is 5.56. The molecule has 2 N–H and O–H groups in total. The molecule has 0 heterocycles. The van der Waals surface area contributed by atoms with Crippen LogP contribution in [0.3, 0.4) is 0 Å². The first kappa shape index (κ1) is 20.7. The molecule has 158 valence electrons. The van der Waals surface area contributed by atoms with Gasteiger partial charge in [-0.2, -0.15) is 0 Å². The predicted molar refractivity (Wildman–Crippen MR) is 113 cm³/mol. The zero-order valence-electron chi connectivity index (χ0n) is 16.7. The summed E-state index contributed by atoms with van der Waals surface area (Å²) in [6.45, 7) is 0. The molecule has 0 saturated carbocycles. The van der Waals surface area contributed by atoms with Crippen molar-refractivity contribution in [2.75, 3.05) is 5.32 Å². The number of hydrogen-bond acceptors (Lipinski definition) is 3. The molecule has 4 rings (SSSR count). The first-order chi connectivity index (χ1) is 14.9. The number of anilines is 1. The molecule has 0 saturated heterocycles. The van der Waals surface area contributed by atoms with Gasteiger partial charge in [-0.1, -0.05) is 18.2 Å². The van der Waals surface area contributed by atoms with Crippen LogP contribution in [0.5, 0.6) is 5.75 Å². The average Bonchev–Trinajstić information content (AvgIpc) is 2.74. The van der Waals surface area contributed by atoms with E-state index < -0.39 is 11.6 Å². The highest BCUT2D eigenvalue weighted by Gasteiger charge is 2.27. The first-order valence-corrected chi connectivity index (χ1v) is 10.1. The van der Waals surface area contributed by atoms with Crippen LogP contribution in [-0.4, -0.2) is 16.8 Å². The number of phenols is 1. The van der Waals surface area contributed by atoms with Gasteiger partial charge < -0.3 is 10.4 Å². The van der Waals surface area contributed by atoms with Crippen LogP contribution in [0.2, 0.25) is 0 Å². The molecule has 31 heavy (non-hydrogen) atoms. The molecule has 0 spiro atoms. The molecule has 0 bridgehead atoms. The molecule has 1 unspecified atom stereocenters. The fourth-order valence-electron chi connectivity index (χ4n) is 3.95. The zero-order chi connectivity index (χ0) is 22.0. The number of aromatic hydroxyl groups is 1. The number of hydrogen-bond donors (Lipinski definition) is 2. The van der Waals surface area contributed by atoms with Gasteiger partial charge in [-0.25, -0.2) is 8.78 Å². The molecular formula is C25H21F2NO3. The minimum absolute atomic E-state index is 0.0650. The maximum atomic E-state index is 13.3. The Labute approximate surface area is 178 Å². The van der Waals surface area contributed by atoms with Crippen molar-refractivity contribution in [1.29, 1.82) is 0 Å². The molecule has 3 aromatic rings. The molecule has 4 nitrogen and oxygen atoms in total. The van der Waals surface area contributed by atoms with Gasteiger partial charge in [-0.15, -0.1) is 0 Å². The highest BCUT2D eigenvalue weighted by Crippen LogP contribution is 2.30. The predicted octanol–water partition coefficient (Wildman–Crippen LogP) is 4.84. The molecule has 6 heteroatoms. The summed E-state index contributed by atoms with van der Waals surface area (Å²) < 4.78 is 26.3. The highest BCUT2D eigenvalue weighted by molar-refractivity contribution is 6.00. The molecule has 1 amide bonds. The minimum Gasteiger partial charge on any atom is -0.508 e.